The molecule has 19 heavy (non-hydrogen) atoms. The number of halogens is 1. The van der Waals surface area contributed by atoms with Crippen LogP contribution in [-0.2, 0) is 6.54 Å². The van der Waals surface area contributed by atoms with Crippen LogP contribution in [-0.4, -0.2) is 48.1 Å². The summed E-state index contributed by atoms with van der Waals surface area (Å²) in [5, 5.41) is 2.89. The number of fused-ring (bicyclic) bond motifs is 1. The number of urea groups is 1. The minimum absolute atomic E-state index is 0.0767. The van der Waals surface area contributed by atoms with Crippen LogP contribution in [0, 0.1) is 0 Å². The Morgan fingerprint density at radius 1 is 1.42 bits per heavy atom. The molecule has 1 atom stereocenters. The zero-order valence-electron chi connectivity index (χ0n) is 10.6. The summed E-state index contributed by atoms with van der Waals surface area (Å²) in [4.78, 5) is 15.8. The van der Waals surface area contributed by atoms with Crippen molar-refractivity contribution in [3.8, 4) is 0 Å². The first kappa shape index (κ1) is 12.7. The first-order valence-corrected chi connectivity index (χ1v) is 7.23. The van der Waals surface area contributed by atoms with Crippen molar-refractivity contribution in [2.75, 3.05) is 31.9 Å². The number of hydrogen-bond acceptors (Lipinski definition) is 3. The molecule has 0 bridgehead atoms. The number of benzene rings is 1. The standard InChI is InChI=1S/C13H17BrN4O/c14-10-2-1-9(12(15)5-10)7-17-3-4-18-11(8-17)6-16-13(18)19/h1-2,5,11H,3-4,6-8,15H2,(H,16,19). The number of anilines is 1. The Labute approximate surface area is 120 Å². The molecule has 5 nitrogen and oxygen atoms in total. The number of piperazine rings is 1. The lowest BCUT2D eigenvalue weighted by Gasteiger charge is -2.36. The van der Waals surface area contributed by atoms with Gasteiger partial charge in [-0.25, -0.2) is 4.79 Å². The second-order valence-electron chi connectivity index (χ2n) is 5.11. The predicted molar refractivity (Wildman–Crippen MR) is 77.7 cm³/mol. The zero-order chi connectivity index (χ0) is 13.4. The molecule has 0 aliphatic carbocycles. The quantitative estimate of drug-likeness (QED) is 0.805. The molecule has 1 aromatic carbocycles. The molecule has 2 heterocycles. The molecule has 1 unspecified atom stereocenters. The lowest BCUT2D eigenvalue weighted by Crippen LogP contribution is -2.51. The number of nitrogens with two attached hydrogens (primary N) is 1. The van der Waals surface area contributed by atoms with E-state index in [1.165, 1.54) is 0 Å². The Bertz CT molecular complexity index is 507. The van der Waals surface area contributed by atoms with Crippen LogP contribution in [0.2, 0.25) is 0 Å². The molecule has 3 N–H and O–H groups in total. The summed E-state index contributed by atoms with van der Waals surface area (Å²) in [5.41, 5.74) is 8.00. The Morgan fingerprint density at radius 3 is 3.05 bits per heavy atom. The molecular weight excluding hydrogens is 308 g/mol. The van der Waals surface area contributed by atoms with Gasteiger partial charge in [0.2, 0.25) is 0 Å². The Kier molecular flexibility index (Phi) is 3.36. The fourth-order valence-corrected chi connectivity index (χ4v) is 3.14. The molecule has 0 radical (unpaired) electrons. The highest BCUT2D eigenvalue weighted by Gasteiger charge is 2.35. The number of nitrogen functional groups attached to an aromatic ring is 1. The minimum Gasteiger partial charge on any atom is -0.398 e. The second-order valence-corrected chi connectivity index (χ2v) is 6.03. The molecule has 1 aromatic rings. The molecular formula is C13H17BrN4O. The van der Waals surface area contributed by atoms with Crippen LogP contribution in [0.5, 0.6) is 0 Å². The summed E-state index contributed by atoms with van der Waals surface area (Å²) >= 11 is 3.42. The van der Waals surface area contributed by atoms with Gasteiger partial charge in [-0.05, 0) is 17.7 Å². The van der Waals surface area contributed by atoms with Gasteiger partial charge < -0.3 is 16.0 Å². The molecule has 2 saturated heterocycles. The SMILES string of the molecule is Nc1cc(Br)ccc1CN1CCN2C(=O)NCC2C1. The fraction of sp³-hybridized carbons (Fsp3) is 0.462. The third-order valence-corrected chi connectivity index (χ3v) is 4.31. The van der Waals surface area contributed by atoms with Crippen LogP contribution in [0.4, 0.5) is 10.5 Å². The van der Waals surface area contributed by atoms with Crippen molar-refractivity contribution in [3.63, 3.8) is 0 Å². The summed E-state index contributed by atoms with van der Waals surface area (Å²) in [6.07, 6.45) is 0. The van der Waals surface area contributed by atoms with Gasteiger partial charge in [0.1, 0.15) is 0 Å². The summed E-state index contributed by atoms with van der Waals surface area (Å²) in [7, 11) is 0. The third kappa shape index (κ3) is 2.55. The number of rotatable bonds is 2. The van der Waals surface area contributed by atoms with Crippen LogP contribution < -0.4 is 11.1 Å². The van der Waals surface area contributed by atoms with Gasteiger partial charge in [-0.2, -0.15) is 0 Å². The zero-order valence-corrected chi connectivity index (χ0v) is 12.2. The molecule has 2 fully saturated rings. The van der Waals surface area contributed by atoms with Gasteiger partial charge in [0.25, 0.3) is 0 Å². The van der Waals surface area contributed by atoms with Crippen LogP contribution in [0.25, 0.3) is 0 Å². The lowest BCUT2D eigenvalue weighted by molar-refractivity contribution is 0.117. The van der Waals surface area contributed by atoms with Gasteiger partial charge in [0.05, 0.1) is 6.04 Å². The number of carbonyl (C=O) groups excluding carboxylic acids is 1. The van der Waals surface area contributed by atoms with Crippen LogP contribution in [0.3, 0.4) is 0 Å². The molecule has 2 aliphatic heterocycles. The molecule has 0 aromatic heterocycles. The summed E-state index contributed by atoms with van der Waals surface area (Å²) < 4.78 is 1.00. The number of hydrogen-bond donors (Lipinski definition) is 2. The maximum absolute atomic E-state index is 11.5. The highest BCUT2D eigenvalue weighted by Crippen LogP contribution is 2.22. The van der Waals surface area contributed by atoms with Crippen LogP contribution in [0.1, 0.15) is 5.56 Å². The van der Waals surface area contributed by atoms with Crippen molar-refractivity contribution >= 4 is 27.6 Å². The summed E-state index contributed by atoms with van der Waals surface area (Å²) in [6, 6.07) is 6.39. The van der Waals surface area contributed by atoms with Gasteiger partial charge in [0, 0.05) is 42.9 Å². The van der Waals surface area contributed by atoms with E-state index in [2.05, 4.69) is 32.2 Å². The normalized spacial score (nSPS) is 23.3. The van der Waals surface area contributed by atoms with Gasteiger partial charge in [-0.1, -0.05) is 22.0 Å². The topological polar surface area (TPSA) is 61.6 Å². The first-order valence-electron chi connectivity index (χ1n) is 6.44. The predicted octanol–water partition coefficient (Wildman–Crippen LogP) is 1.24. The van der Waals surface area contributed by atoms with E-state index < -0.39 is 0 Å². The highest BCUT2D eigenvalue weighted by atomic mass is 79.9. The van der Waals surface area contributed by atoms with Gasteiger partial charge >= 0.3 is 6.03 Å². The molecule has 2 amide bonds. The Morgan fingerprint density at radius 2 is 2.26 bits per heavy atom. The second kappa shape index (κ2) is 5.02. The van der Waals surface area contributed by atoms with Gasteiger partial charge in [-0.3, -0.25) is 4.90 Å². The number of nitrogens with zero attached hydrogens (tertiary/aromatic N) is 2. The fourth-order valence-electron chi connectivity index (χ4n) is 2.76. The van der Waals surface area contributed by atoms with Crippen molar-refractivity contribution in [2.45, 2.75) is 12.6 Å². The van der Waals surface area contributed by atoms with Crippen molar-refractivity contribution in [3.05, 3.63) is 28.2 Å². The third-order valence-electron chi connectivity index (χ3n) is 3.82. The van der Waals surface area contributed by atoms with Gasteiger partial charge in [0.15, 0.2) is 0 Å². The maximum Gasteiger partial charge on any atom is 0.317 e. The largest absolute Gasteiger partial charge is 0.398 e. The number of nitrogens with one attached hydrogen (secondary N) is 1. The smallest absolute Gasteiger partial charge is 0.317 e. The van der Waals surface area contributed by atoms with Crippen molar-refractivity contribution in [1.29, 1.82) is 0 Å². The lowest BCUT2D eigenvalue weighted by atomic mass is 10.1. The average molecular weight is 325 g/mol. The van der Waals surface area contributed by atoms with Crippen molar-refractivity contribution in [2.24, 2.45) is 0 Å². The van der Waals surface area contributed by atoms with E-state index in [0.717, 1.165) is 48.4 Å². The van der Waals surface area contributed by atoms with E-state index in [9.17, 15) is 4.79 Å². The Balaban J connectivity index is 1.66. The molecule has 0 saturated carbocycles. The van der Waals surface area contributed by atoms with E-state index in [4.69, 9.17) is 5.73 Å². The van der Waals surface area contributed by atoms with Gasteiger partial charge in [-0.15, -0.1) is 0 Å². The minimum atomic E-state index is 0.0767. The Hall–Kier alpha value is -1.27. The van der Waals surface area contributed by atoms with E-state index in [1.807, 2.05) is 17.0 Å². The van der Waals surface area contributed by atoms with Crippen LogP contribution >= 0.6 is 15.9 Å². The van der Waals surface area contributed by atoms with E-state index in [-0.39, 0.29) is 6.03 Å². The molecule has 3 rings (SSSR count). The van der Waals surface area contributed by atoms with E-state index in [0.29, 0.717) is 6.04 Å². The van der Waals surface area contributed by atoms with Crippen molar-refractivity contribution in [1.82, 2.24) is 15.1 Å². The maximum atomic E-state index is 11.5. The van der Waals surface area contributed by atoms with Crippen molar-refractivity contribution < 1.29 is 4.79 Å². The highest BCUT2D eigenvalue weighted by molar-refractivity contribution is 9.10. The first-order chi connectivity index (χ1) is 9.13. The van der Waals surface area contributed by atoms with Crippen LogP contribution in [0.15, 0.2) is 22.7 Å². The number of carbonyl (C=O) groups is 1. The molecule has 2 aliphatic rings. The molecule has 6 heteroatoms. The van der Waals surface area contributed by atoms with E-state index >= 15 is 0 Å². The average Bonchev–Trinajstić information content (AvgIpc) is 2.74. The summed E-state index contributed by atoms with van der Waals surface area (Å²) in [5.74, 6) is 0. The monoisotopic (exact) mass is 324 g/mol. The number of amides is 2. The van der Waals surface area contributed by atoms with E-state index in [1.54, 1.807) is 0 Å². The summed E-state index contributed by atoms with van der Waals surface area (Å²) in [6.45, 7) is 4.21. The molecule has 102 valence electrons. The molecule has 0 spiro atoms.